The Kier molecular flexibility index (Phi) is 6.61. The second-order valence-electron chi connectivity index (χ2n) is 10.9. The number of ketones is 1. The molecular formula is C33H33NO5. The van der Waals surface area contributed by atoms with Crippen molar-refractivity contribution in [3.8, 4) is 5.75 Å². The maximum atomic E-state index is 12.8. The van der Waals surface area contributed by atoms with Crippen LogP contribution in [0.2, 0.25) is 0 Å². The Morgan fingerprint density at radius 2 is 1.72 bits per heavy atom. The number of aliphatic hydroxyl groups is 1. The zero-order valence-corrected chi connectivity index (χ0v) is 22.3. The molecule has 4 atom stereocenters. The van der Waals surface area contributed by atoms with E-state index in [2.05, 4.69) is 24.1 Å². The molecule has 2 bridgehead atoms. The molecule has 0 aromatic heterocycles. The van der Waals surface area contributed by atoms with Crippen LogP contribution in [0, 0.1) is 5.92 Å². The van der Waals surface area contributed by atoms with E-state index in [0.717, 1.165) is 42.7 Å². The van der Waals surface area contributed by atoms with Gasteiger partial charge in [-0.15, -0.1) is 0 Å². The normalized spacial score (nSPS) is 25.8. The van der Waals surface area contributed by atoms with E-state index in [9.17, 15) is 14.7 Å². The number of hydrogen-bond acceptors (Lipinski definition) is 6. The van der Waals surface area contributed by atoms with Crippen LogP contribution >= 0.6 is 0 Å². The Labute approximate surface area is 228 Å². The number of esters is 1. The second kappa shape index (κ2) is 10.1. The van der Waals surface area contributed by atoms with Crippen molar-refractivity contribution in [3.05, 3.63) is 112 Å². The average Bonchev–Trinajstić information content (AvgIpc) is 3.32. The molecule has 6 heteroatoms. The largest absolute Gasteiger partial charge is 0.481 e. The topological polar surface area (TPSA) is 76.1 Å². The molecular weight excluding hydrogens is 490 g/mol. The highest BCUT2D eigenvalue weighted by molar-refractivity contribution is 5.93. The molecule has 0 amide bonds. The van der Waals surface area contributed by atoms with Crippen LogP contribution in [0.1, 0.15) is 57.2 Å². The standard InChI is InChI=1S/C25H25NO4.C8H8O/c1-26-12-11-25-18-9-10-20(29-24(28)15-5-3-2-4-6-15)23(25)30-22-17(14-27)8-7-16(21(22)25)13-19(18)26;1-7(9)8-5-3-2-4-6-8/h2-8,10,18-19,23,27H,9,11-14H2,1H3;2-6H,1H3. The van der Waals surface area contributed by atoms with Gasteiger partial charge in [0.05, 0.1) is 12.2 Å². The van der Waals surface area contributed by atoms with Crippen LogP contribution in [0.15, 0.2) is 84.6 Å². The van der Waals surface area contributed by atoms with E-state index in [1.165, 1.54) is 11.1 Å². The molecule has 200 valence electrons. The van der Waals surface area contributed by atoms with Crippen molar-refractivity contribution in [2.45, 2.75) is 50.4 Å². The third-order valence-electron chi connectivity index (χ3n) is 8.90. The van der Waals surface area contributed by atoms with Crippen LogP contribution in [0.3, 0.4) is 0 Å². The zero-order valence-electron chi connectivity index (χ0n) is 22.3. The highest BCUT2D eigenvalue weighted by Gasteiger charge is 2.64. The van der Waals surface area contributed by atoms with Gasteiger partial charge in [0.15, 0.2) is 11.9 Å². The van der Waals surface area contributed by atoms with Gasteiger partial charge >= 0.3 is 5.97 Å². The monoisotopic (exact) mass is 523 g/mol. The second-order valence-corrected chi connectivity index (χ2v) is 10.9. The molecule has 1 fully saturated rings. The van der Waals surface area contributed by atoms with Crippen molar-refractivity contribution >= 4 is 11.8 Å². The number of likely N-dealkylation sites (tertiary alicyclic amines) is 1. The van der Waals surface area contributed by atoms with Gasteiger partial charge in [-0.2, -0.15) is 0 Å². The summed E-state index contributed by atoms with van der Waals surface area (Å²) in [6.07, 6.45) is 4.58. The fraction of sp³-hybridized carbons (Fsp3) is 0.333. The zero-order chi connectivity index (χ0) is 27.1. The van der Waals surface area contributed by atoms with Crippen LogP contribution in [-0.4, -0.2) is 47.5 Å². The molecule has 2 aliphatic carbocycles. The van der Waals surface area contributed by atoms with E-state index in [0.29, 0.717) is 23.3 Å². The Morgan fingerprint density at radius 3 is 2.36 bits per heavy atom. The number of likely N-dealkylation sites (N-methyl/N-ethyl adjacent to an activating group) is 1. The molecule has 4 unspecified atom stereocenters. The summed E-state index contributed by atoms with van der Waals surface area (Å²) in [7, 11) is 2.21. The summed E-state index contributed by atoms with van der Waals surface area (Å²) in [5, 5.41) is 9.95. The van der Waals surface area contributed by atoms with Crippen molar-refractivity contribution in [3.63, 3.8) is 0 Å². The number of carbonyl (C=O) groups excluding carboxylic acids is 2. The number of ether oxygens (including phenoxy) is 2. The highest BCUT2D eigenvalue weighted by Crippen LogP contribution is 2.62. The van der Waals surface area contributed by atoms with Crippen molar-refractivity contribution in [2.24, 2.45) is 5.92 Å². The molecule has 6 nitrogen and oxygen atoms in total. The SMILES string of the molecule is CC(=O)c1ccccc1.CN1CCC23c4c5ccc(CO)c4OC2C(OC(=O)c2ccccc2)=CCC3C1C5. The quantitative estimate of drug-likeness (QED) is 0.379. The first-order valence-corrected chi connectivity index (χ1v) is 13.6. The van der Waals surface area contributed by atoms with Gasteiger partial charge in [0, 0.05) is 28.1 Å². The van der Waals surface area contributed by atoms with Crippen molar-refractivity contribution in [1.29, 1.82) is 0 Å². The highest BCUT2D eigenvalue weighted by atomic mass is 16.6. The minimum Gasteiger partial charge on any atom is -0.481 e. The molecule has 2 aliphatic heterocycles. The maximum absolute atomic E-state index is 12.8. The molecule has 7 rings (SSSR count). The van der Waals surface area contributed by atoms with Crippen molar-refractivity contribution < 1.29 is 24.2 Å². The summed E-state index contributed by atoms with van der Waals surface area (Å²) in [5.41, 5.74) is 4.52. The van der Waals surface area contributed by atoms with Crippen LogP contribution in [0.25, 0.3) is 0 Å². The van der Waals surface area contributed by atoms with Gasteiger partial charge in [0.2, 0.25) is 0 Å². The van der Waals surface area contributed by atoms with Crippen molar-refractivity contribution in [2.75, 3.05) is 13.6 Å². The Morgan fingerprint density at radius 1 is 1.03 bits per heavy atom. The molecule has 0 saturated carbocycles. The third-order valence-corrected chi connectivity index (χ3v) is 8.90. The van der Waals surface area contributed by atoms with E-state index in [1.807, 2.05) is 54.6 Å². The van der Waals surface area contributed by atoms with Gasteiger partial charge in [-0.1, -0.05) is 60.7 Å². The predicted molar refractivity (Wildman–Crippen MR) is 148 cm³/mol. The minimum absolute atomic E-state index is 0.0533. The lowest BCUT2D eigenvalue weighted by atomic mass is 9.53. The molecule has 39 heavy (non-hydrogen) atoms. The minimum atomic E-state index is -0.348. The first-order chi connectivity index (χ1) is 18.9. The van der Waals surface area contributed by atoms with E-state index < -0.39 is 0 Å². The van der Waals surface area contributed by atoms with Crippen molar-refractivity contribution in [1.82, 2.24) is 4.90 Å². The molecule has 1 saturated heterocycles. The fourth-order valence-corrected chi connectivity index (χ4v) is 7.02. The van der Waals surface area contributed by atoms with Gasteiger partial charge in [-0.3, -0.25) is 4.79 Å². The molecule has 0 radical (unpaired) electrons. The summed E-state index contributed by atoms with van der Waals surface area (Å²) in [4.78, 5) is 25.9. The first kappa shape index (κ1) is 25.5. The van der Waals surface area contributed by atoms with Gasteiger partial charge in [-0.25, -0.2) is 4.79 Å². The molecule has 1 spiro atoms. The van der Waals surface area contributed by atoms with Crippen LogP contribution in [-0.2, 0) is 23.2 Å². The molecule has 2 heterocycles. The molecule has 1 N–H and O–H groups in total. The number of carbonyl (C=O) groups is 2. The number of rotatable bonds is 4. The Hall–Kier alpha value is -3.74. The average molecular weight is 524 g/mol. The summed E-state index contributed by atoms with van der Waals surface area (Å²) < 4.78 is 12.5. The number of piperidine rings is 1. The Balaban J connectivity index is 0.000000263. The van der Waals surface area contributed by atoms with E-state index in [1.54, 1.807) is 19.1 Å². The molecule has 4 aliphatic rings. The first-order valence-electron chi connectivity index (χ1n) is 13.6. The lowest BCUT2D eigenvalue weighted by Crippen LogP contribution is -2.63. The van der Waals surface area contributed by atoms with Crippen LogP contribution < -0.4 is 4.74 Å². The number of Topliss-reactive ketones (excluding diaryl/α,β-unsaturated/α-hetero) is 1. The fourth-order valence-electron chi connectivity index (χ4n) is 7.02. The number of hydrogen-bond donors (Lipinski definition) is 1. The van der Waals surface area contributed by atoms with Crippen LogP contribution in [0.5, 0.6) is 5.75 Å². The van der Waals surface area contributed by atoms with Gasteiger partial charge in [0.1, 0.15) is 11.5 Å². The van der Waals surface area contributed by atoms with E-state index in [-0.39, 0.29) is 29.9 Å². The summed E-state index contributed by atoms with van der Waals surface area (Å²) >= 11 is 0. The van der Waals surface area contributed by atoms with E-state index in [4.69, 9.17) is 9.47 Å². The Bertz CT molecular complexity index is 1430. The van der Waals surface area contributed by atoms with Crippen LogP contribution in [0.4, 0.5) is 0 Å². The van der Waals surface area contributed by atoms with Gasteiger partial charge in [-0.05, 0) is 69.5 Å². The number of aliphatic hydroxyl groups excluding tert-OH is 1. The summed E-state index contributed by atoms with van der Waals surface area (Å²) in [6, 6.07) is 22.9. The maximum Gasteiger partial charge on any atom is 0.343 e. The number of benzene rings is 3. The summed E-state index contributed by atoms with van der Waals surface area (Å²) in [5.74, 6) is 1.63. The molecule has 3 aromatic rings. The molecule has 3 aromatic carbocycles. The number of nitrogens with zero attached hydrogens (tertiary/aromatic N) is 1. The lowest BCUT2D eigenvalue weighted by molar-refractivity contribution is -0.0272. The lowest BCUT2D eigenvalue weighted by Gasteiger charge is -2.56. The third kappa shape index (κ3) is 4.19. The van der Waals surface area contributed by atoms with Gasteiger partial charge in [0.25, 0.3) is 0 Å². The van der Waals surface area contributed by atoms with Gasteiger partial charge < -0.3 is 19.5 Å². The predicted octanol–water partition coefficient (Wildman–Crippen LogP) is 5.09. The smallest absolute Gasteiger partial charge is 0.343 e. The summed E-state index contributed by atoms with van der Waals surface area (Å²) in [6.45, 7) is 2.50. The number of allylic oxidation sites excluding steroid dienone is 1. The van der Waals surface area contributed by atoms with E-state index >= 15 is 0 Å².